The van der Waals surface area contributed by atoms with Gasteiger partial charge in [0.2, 0.25) is 41.4 Å². The molecule has 13 atom stereocenters. The number of hydrogen-bond donors (Lipinski definition) is 20. The third kappa shape index (κ3) is 32.2. The van der Waals surface area contributed by atoms with Crippen molar-refractivity contribution in [2.45, 2.75) is 196 Å². The van der Waals surface area contributed by atoms with Gasteiger partial charge in [0.25, 0.3) is 23.8 Å². The van der Waals surface area contributed by atoms with Crippen LogP contribution in [0.25, 0.3) is 11.1 Å². The molecule has 9 amide bonds. The second-order valence-corrected chi connectivity index (χ2v) is 30.7. The fraction of sp³-hybridized carbons (Fsp3) is 0.494. The number of thioether (sulfide) groups is 1. The summed E-state index contributed by atoms with van der Waals surface area (Å²) in [5, 5.41) is 137. The monoisotopic (exact) mass is 1760 g/mol. The summed E-state index contributed by atoms with van der Waals surface area (Å²) in [6.07, 6.45) is -16.6. The van der Waals surface area contributed by atoms with Crippen LogP contribution < -0.4 is 54.2 Å². The summed E-state index contributed by atoms with van der Waals surface area (Å²) < 4.78 is 37.1. The number of hydrogen-bond acceptors (Lipinski definition) is 28. The van der Waals surface area contributed by atoms with Crippen LogP contribution in [-0.4, -0.2) is 272 Å². The number of ether oxygens (including phenoxy) is 1. The summed E-state index contributed by atoms with van der Waals surface area (Å²) in [5.74, 6) is -14.3. The van der Waals surface area contributed by atoms with Crippen LogP contribution in [0.5, 0.6) is 5.75 Å². The Morgan fingerprint density at radius 2 is 1.12 bits per heavy atom. The molecule has 0 saturated heterocycles. The zero-order valence-electron chi connectivity index (χ0n) is 68.1. The van der Waals surface area contributed by atoms with Crippen LogP contribution in [0.1, 0.15) is 124 Å². The van der Waals surface area contributed by atoms with Crippen LogP contribution in [0.4, 0.5) is 8.78 Å². The van der Waals surface area contributed by atoms with Crippen LogP contribution in [0.15, 0.2) is 118 Å². The number of carboxylic acids is 1. The normalized spacial score (nSPS) is 15.2. The van der Waals surface area contributed by atoms with E-state index in [2.05, 4.69) is 37.2 Å². The lowest BCUT2D eigenvalue weighted by atomic mass is 9.92. The number of phenolic OH excluding ortho intramolecular Hbond substituents is 1. The largest absolute Gasteiger partial charge is 0.508 e. The first-order valence-electron chi connectivity index (χ1n) is 40.2. The van der Waals surface area contributed by atoms with Crippen LogP contribution in [-0.2, 0) is 88.2 Å². The molecule has 0 spiro atoms. The van der Waals surface area contributed by atoms with Gasteiger partial charge in [-0.1, -0.05) is 92.1 Å². The Hall–Kier alpha value is -11.1. The molecule has 0 fully saturated rings. The van der Waals surface area contributed by atoms with E-state index in [0.717, 1.165) is 37.8 Å². The van der Waals surface area contributed by atoms with E-state index in [0.29, 0.717) is 60.6 Å². The van der Waals surface area contributed by atoms with Gasteiger partial charge in [0.05, 0.1) is 61.6 Å². The van der Waals surface area contributed by atoms with Gasteiger partial charge in [-0.05, 0) is 98.4 Å². The van der Waals surface area contributed by atoms with E-state index in [9.17, 15) is 128 Å². The number of aromatic hydroxyl groups is 1. The standard InChI is InChI=1S/C83H109F2N11O27S/c1-47-73(81(119)96(42-57(86)50-13-6-5-7-14-50)83(122)95(47)41-54-55(84)16-11-17-56(54)85)51-15-10-12-49(36-51)22-28-67(106)87-32-9-4-2-3-8-18-71(110)91-58(25-29-69(108)89-39-62(102)74(112)76(114)64(104)43-97)61(101)37-52(31-35-123-46-99)78(116)92-59(26-30-70(109)90-40-63(103)75(113)77(115)65(105)44-98)79(117)93-60(82(120)121)45-124-66-38-72(111)94(80(66)118)34-33-88-68(107)27-21-48-19-23-53(100)24-20-48/h5-7,10-17,19-20,23-24,36,38,46,52,57-60,62-65,74-77,97-98,100,102-105,112-115H,2-4,8-9,18,21-22,25-35,37,39-45,86H2,1H3,(H,87,106)(H,88,107)(H,89,108)(H,90,109)(H,91,110)(H,92,116)(H,93,117)(H,120,121)/t52-,57+,58+,59+,60+,62-,63-,64+,65+,74+,75+,76+,77+/m0/s1. The SMILES string of the molecule is Cc1c(-c2cccc(CCC(=O)NCCCCCCCC(=O)N[C@H](CCC(=O)NC[C@H](O)[C@@H](O)[C@H](O)[C@H](O)CO)C(=O)C[C@H](CCOC=O)C(=O)N[C@H](CCC(=O)NC[C@H](O)[C@@H](O)[C@H](O)[C@H](O)CO)C(=O)N[C@H](CSC3=CC(=O)N(CCNC(=O)CCc4ccc(O)cc4)C3=O)C(=O)O)c2)c(=O)n(C[C@@H](N)c2ccccc2)c(=O)n1Cc1c(F)cccc1F. The number of Topliss-reactive ketones (excluding diaryl/α,β-unsaturated/α-hetero) is 1. The number of halogens is 2. The van der Waals surface area contributed by atoms with Crippen molar-refractivity contribution < 1.29 is 132 Å². The highest BCUT2D eigenvalue weighted by atomic mass is 32.2. The molecule has 0 unspecified atom stereocenters. The lowest BCUT2D eigenvalue weighted by Gasteiger charge is -2.26. The van der Waals surface area contributed by atoms with E-state index in [1.165, 1.54) is 25.1 Å². The highest BCUT2D eigenvalue weighted by Crippen LogP contribution is 2.28. The summed E-state index contributed by atoms with van der Waals surface area (Å²) in [7, 11) is 0. The van der Waals surface area contributed by atoms with Crippen molar-refractivity contribution in [2.24, 2.45) is 11.7 Å². The Balaban J connectivity index is 1.10. The number of amides is 9. The van der Waals surface area contributed by atoms with Crippen molar-refractivity contribution in [1.29, 1.82) is 0 Å². The number of phenols is 1. The summed E-state index contributed by atoms with van der Waals surface area (Å²) in [6.45, 7) is -3.72. The maximum atomic E-state index is 15.1. The number of ketones is 1. The molecule has 5 aromatic rings. The number of carbonyl (C=O) groups excluding carboxylic acids is 11. The van der Waals surface area contributed by atoms with Crippen LogP contribution in [0, 0.1) is 24.5 Å². The Morgan fingerprint density at radius 1 is 0.573 bits per heavy atom. The fourth-order valence-electron chi connectivity index (χ4n) is 13.1. The van der Waals surface area contributed by atoms with Crippen molar-refractivity contribution in [3.63, 3.8) is 0 Å². The molecular weight excluding hydrogens is 1650 g/mol. The van der Waals surface area contributed by atoms with Crippen molar-refractivity contribution in [1.82, 2.24) is 51.3 Å². The van der Waals surface area contributed by atoms with Crippen LogP contribution >= 0.6 is 11.8 Å². The smallest absolute Gasteiger partial charge is 0.331 e. The third-order valence-electron chi connectivity index (χ3n) is 20.5. The molecule has 0 saturated carbocycles. The van der Waals surface area contributed by atoms with Gasteiger partial charge in [0.1, 0.15) is 66.1 Å². The van der Waals surface area contributed by atoms with Gasteiger partial charge in [0.15, 0.2) is 5.78 Å². The summed E-state index contributed by atoms with van der Waals surface area (Å²) in [6, 6.07) is 18.6. The predicted octanol–water partition coefficient (Wildman–Crippen LogP) is -2.82. The van der Waals surface area contributed by atoms with E-state index in [1.807, 2.05) is 0 Å². The van der Waals surface area contributed by atoms with E-state index >= 15 is 8.78 Å². The average molecular weight is 1760 g/mol. The number of aliphatic carboxylic acids is 1. The Morgan fingerprint density at radius 3 is 1.72 bits per heavy atom. The number of rotatable bonds is 57. The number of aryl methyl sites for hydroxylation is 2. The lowest BCUT2D eigenvalue weighted by Crippen LogP contribution is -2.54. The topological polar surface area (TPSA) is 614 Å². The van der Waals surface area contributed by atoms with Crippen molar-refractivity contribution in [3.05, 3.63) is 168 Å². The molecule has 0 bridgehead atoms. The molecule has 0 radical (unpaired) electrons. The van der Waals surface area contributed by atoms with Crippen LogP contribution in [0.2, 0.25) is 0 Å². The molecule has 2 heterocycles. The molecule has 6 rings (SSSR count). The number of aliphatic hydroxyl groups excluding tert-OH is 10. The number of nitrogens with zero attached hydrogens (tertiary/aromatic N) is 3. The highest BCUT2D eigenvalue weighted by molar-refractivity contribution is 8.04. The number of unbranched alkanes of at least 4 members (excludes halogenated alkanes) is 4. The molecule has 0 aliphatic carbocycles. The van der Waals surface area contributed by atoms with Gasteiger partial charge in [-0.25, -0.2) is 18.4 Å². The van der Waals surface area contributed by atoms with Gasteiger partial charge in [0, 0.05) is 106 Å². The molecule has 38 nitrogen and oxygen atoms in total. The fourth-order valence-corrected chi connectivity index (χ4v) is 14.1. The van der Waals surface area contributed by atoms with E-state index in [4.69, 9.17) is 10.5 Å². The maximum Gasteiger partial charge on any atom is 0.331 e. The number of aromatic nitrogens is 2. The summed E-state index contributed by atoms with van der Waals surface area (Å²) in [5.41, 5.74) is 7.17. The van der Waals surface area contributed by atoms with Crippen molar-refractivity contribution in [2.75, 3.05) is 58.3 Å². The first-order valence-corrected chi connectivity index (χ1v) is 41.2. The summed E-state index contributed by atoms with van der Waals surface area (Å²) in [4.78, 5) is 189. The van der Waals surface area contributed by atoms with Gasteiger partial charge in [-0.2, -0.15) is 0 Å². The molecule has 21 N–H and O–H groups in total. The minimum absolute atomic E-state index is 0.00105. The predicted molar refractivity (Wildman–Crippen MR) is 440 cm³/mol. The number of carbonyl (C=O) groups is 12. The second-order valence-electron chi connectivity index (χ2n) is 29.6. The number of nitrogens with one attached hydrogen (secondary N) is 7. The zero-order chi connectivity index (χ0) is 91.3. The molecule has 124 heavy (non-hydrogen) atoms. The number of aliphatic hydroxyl groups is 10. The molecular formula is C83H109F2N11O27S. The molecule has 1 aromatic heterocycles. The van der Waals surface area contributed by atoms with Crippen molar-refractivity contribution >= 4 is 83.2 Å². The highest BCUT2D eigenvalue weighted by Gasteiger charge is 2.38. The maximum absolute atomic E-state index is 15.1. The Labute approximate surface area is 714 Å². The van der Waals surface area contributed by atoms with Crippen LogP contribution in [0.3, 0.4) is 0 Å². The van der Waals surface area contributed by atoms with Gasteiger partial charge < -0.3 is 109 Å². The molecule has 4 aromatic carbocycles. The molecule has 1 aliphatic rings. The zero-order valence-corrected chi connectivity index (χ0v) is 68.9. The van der Waals surface area contributed by atoms with Crippen molar-refractivity contribution in [3.8, 4) is 16.9 Å². The van der Waals surface area contributed by atoms with E-state index in [1.54, 1.807) is 66.7 Å². The van der Waals surface area contributed by atoms with Gasteiger partial charge >= 0.3 is 11.7 Å². The first kappa shape index (κ1) is 102. The van der Waals surface area contributed by atoms with E-state index < -0.39 is 250 Å². The Kier molecular flexibility index (Phi) is 42.5. The number of nitrogens with two attached hydrogens (primary N) is 1. The minimum Gasteiger partial charge on any atom is -0.508 e. The third-order valence-corrected chi connectivity index (χ3v) is 21.6. The van der Waals surface area contributed by atoms with Gasteiger partial charge in [-0.3, -0.25) is 71.6 Å². The average Bonchev–Trinajstić information content (AvgIpc) is 0.889. The Bertz CT molecular complexity index is 4580. The quantitative estimate of drug-likeness (QED) is 0.0106. The van der Waals surface area contributed by atoms with Gasteiger partial charge in [-0.15, -0.1) is 11.8 Å². The summed E-state index contributed by atoms with van der Waals surface area (Å²) >= 11 is 0.530. The number of carboxylic acid groups (broad SMARTS) is 1. The molecule has 1 aliphatic heterocycles. The minimum atomic E-state index is -2.13. The van der Waals surface area contributed by atoms with E-state index in [-0.39, 0.29) is 92.6 Å². The second kappa shape index (κ2) is 51.9. The number of imide groups is 1. The molecule has 678 valence electrons. The number of benzene rings is 4. The lowest BCUT2D eigenvalue weighted by molar-refractivity contribution is -0.142. The first-order chi connectivity index (χ1) is 59.1. The molecule has 41 heteroatoms.